The van der Waals surface area contributed by atoms with E-state index in [1.807, 2.05) is 56.3 Å². The summed E-state index contributed by atoms with van der Waals surface area (Å²) in [7, 11) is 0. The first-order valence-electron chi connectivity index (χ1n) is 9.71. The topological polar surface area (TPSA) is 132 Å². The van der Waals surface area contributed by atoms with Gasteiger partial charge < -0.3 is 0 Å². The molecule has 1 aromatic carbocycles. The molecule has 0 aliphatic heterocycles. The Balaban J connectivity index is 1.62. The van der Waals surface area contributed by atoms with Gasteiger partial charge in [0.05, 0.1) is 17.8 Å². The fraction of sp³-hybridized carbons (Fsp3) is 0.364. The molecule has 30 heavy (non-hydrogen) atoms. The number of amides is 2. The van der Waals surface area contributed by atoms with Crippen molar-refractivity contribution in [2.75, 3.05) is 0 Å². The van der Waals surface area contributed by atoms with Crippen molar-refractivity contribution in [2.45, 2.75) is 44.4 Å². The predicted molar refractivity (Wildman–Crippen MR) is 105 cm³/mol. The Kier molecular flexibility index (Phi) is 4.51. The van der Waals surface area contributed by atoms with E-state index in [2.05, 4.69) is 20.8 Å². The summed E-state index contributed by atoms with van der Waals surface area (Å²) >= 11 is 0. The van der Waals surface area contributed by atoms with Gasteiger partial charge in [0, 0.05) is 5.92 Å². The third kappa shape index (κ3) is 2.65. The van der Waals surface area contributed by atoms with Crippen molar-refractivity contribution >= 4 is 11.8 Å². The number of fused-ring (bicyclic) bond motifs is 5. The highest BCUT2D eigenvalue weighted by Gasteiger charge is 2.68. The van der Waals surface area contributed by atoms with E-state index in [-0.39, 0.29) is 35.5 Å². The molecule has 4 rings (SSSR count). The number of benzene rings is 1. The molecule has 2 amide bonds. The maximum absolute atomic E-state index is 13.4. The van der Waals surface area contributed by atoms with Gasteiger partial charge in [-0.05, 0) is 23.8 Å². The van der Waals surface area contributed by atoms with Crippen LogP contribution in [0.1, 0.15) is 60.9 Å². The van der Waals surface area contributed by atoms with E-state index in [9.17, 15) is 20.1 Å². The van der Waals surface area contributed by atoms with Crippen molar-refractivity contribution in [3.63, 3.8) is 0 Å². The Morgan fingerprint density at radius 1 is 1.10 bits per heavy atom. The van der Waals surface area contributed by atoms with Crippen molar-refractivity contribution < 1.29 is 9.59 Å². The number of nitrogens with one attached hydrogen (secondary N) is 2. The minimum atomic E-state index is -1.03. The van der Waals surface area contributed by atoms with Gasteiger partial charge in [-0.25, -0.2) is 9.97 Å². The van der Waals surface area contributed by atoms with Crippen LogP contribution in [0, 0.1) is 28.1 Å². The van der Waals surface area contributed by atoms with Crippen LogP contribution in [-0.4, -0.2) is 21.8 Å². The second-order valence-corrected chi connectivity index (χ2v) is 8.26. The molecule has 0 radical (unpaired) electrons. The maximum atomic E-state index is 13.4. The smallest absolute Gasteiger partial charge is 0.251 e. The second kappa shape index (κ2) is 6.93. The lowest BCUT2D eigenvalue weighted by molar-refractivity contribution is -0.134. The van der Waals surface area contributed by atoms with E-state index in [4.69, 9.17) is 0 Å². The number of aromatic nitrogens is 2. The van der Waals surface area contributed by atoms with Crippen LogP contribution >= 0.6 is 0 Å². The molecule has 1 fully saturated rings. The molecule has 2 unspecified atom stereocenters. The first-order valence-corrected chi connectivity index (χ1v) is 9.71. The van der Waals surface area contributed by atoms with Gasteiger partial charge >= 0.3 is 0 Å². The van der Waals surface area contributed by atoms with E-state index in [1.165, 1.54) is 0 Å². The molecule has 0 saturated heterocycles. The van der Waals surface area contributed by atoms with E-state index >= 15 is 0 Å². The summed E-state index contributed by atoms with van der Waals surface area (Å²) in [4.78, 5) is 34.4. The summed E-state index contributed by atoms with van der Waals surface area (Å²) in [6.07, 6.45) is 1.39. The molecule has 2 atom stereocenters. The highest BCUT2D eigenvalue weighted by atomic mass is 16.2. The van der Waals surface area contributed by atoms with Crippen molar-refractivity contribution in [2.24, 2.45) is 5.41 Å². The molecule has 2 bridgehead atoms. The molecule has 0 spiro atoms. The first kappa shape index (κ1) is 19.5. The van der Waals surface area contributed by atoms with Crippen LogP contribution in [0.5, 0.6) is 0 Å². The number of carbonyl (C=O) groups is 2. The highest BCUT2D eigenvalue weighted by Crippen LogP contribution is 2.66. The van der Waals surface area contributed by atoms with Gasteiger partial charge in [0.2, 0.25) is 5.91 Å². The maximum Gasteiger partial charge on any atom is 0.251 e. The van der Waals surface area contributed by atoms with Gasteiger partial charge in [-0.15, -0.1) is 0 Å². The first-order chi connectivity index (χ1) is 14.3. The van der Waals surface area contributed by atoms with Crippen LogP contribution in [-0.2, 0) is 21.4 Å². The molecular weight excluding hydrogens is 380 g/mol. The molecule has 1 aromatic heterocycles. The quantitative estimate of drug-likeness (QED) is 0.755. The third-order valence-corrected chi connectivity index (χ3v) is 6.56. The summed E-state index contributed by atoms with van der Waals surface area (Å²) < 4.78 is 0. The number of rotatable bonds is 3. The zero-order chi connectivity index (χ0) is 21.5. The summed E-state index contributed by atoms with van der Waals surface area (Å²) in [5, 5.41) is 18.6. The normalized spacial score (nSPS) is 22.5. The summed E-state index contributed by atoms with van der Waals surface area (Å²) in [6, 6.07) is 13.0. The predicted octanol–water partition coefficient (Wildman–Crippen LogP) is 1.77. The van der Waals surface area contributed by atoms with Crippen LogP contribution in [0.25, 0.3) is 0 Å². The molecule has 2 aliphatic carbocycles. The van der Waals surface area contributed by atoms with Gasteiger partial charge in [-0.2, -0.15) is 10.5 Å². The number of nitrogens with zero attached hydrogens (tertiary/aromatic N) is 4. The van der Waals surface area contributed by atoms with E-state index < -0.39 is 10.8 Å². The van der Waals surface area contributed by atoms with E-state index in [0.717, 1.165) is 12.0 Å². The second-order valence-electron chi connectivity index (χ2n) is 8.26. The standard InChI is InChI=1S/C22H20N6O2/c1-21(2)14-8-9-22(21,19-18(14)25-15(11-23)16(12-24)26-19)20(30)28-27-17(29)10-13-6-4-3-5-7-13/h3-7,14H,8-10H2,1-2H3,(H,27,29)(H,28,30). The van der Waals surface area contributed by atoms with Crippen LogP contribution in [0.4, 0.5) is 0 Å². The van der Waals surface area contributed by atoms with Gasteiger partial charge in [0.25, 0.3) is 5.91 Å². The Bertz CT molecular complexity index is 1130. The minimum Gasteiger partial charge on any atom is -0.273 e. The number of nitriles is 2. The van der Waals surface area contributed by atoms with Crippen molar-refractivity contribution in [3.8, 4) is 12.1 Å². The fourth-order valence-electron chi connectivity index (χ4n) is 4.98. The fourth-order valence-corrected chi connectivity index (χ4v) is 4.98. The molecule has 8 nitrogen and oxygen atoms in total. The summed E-state index contributed by atoms with van der Waals surface area (Å²) in [5.41, 5.74) is 5.30. The van der Waals surface area contributed by atoms with Crippen LogP contribution in [0.2, 0.25) is 0 Å². The molecule has 2 aliphatic rings. The monoisotopic (exact) mass is 400 g/mol. The number of hydrogen-bond donors (Lipinski definition) is 2. The summed E-state index contributed by atoms with van der Waals surface area (Å²) in [5.74, 6) is -0.760. The van der Waals surface area contributed by atoms with Gasteiger partial charge in [-0.3, -0.25) is 20.4 Å². The Morgan fingerprint density at radius 3 is 2.43 bits per heavy atom. The SMILES string of the molecule is CC1(C)C2CCC1(C(=O)NNC(=O)Cc1ccccc1)c1nc(C#N)c(C#N)nc12. The Labute approximate surface area is 173 Å². The Morgan fingerprint density at radius 2 is 1.77 bits per heavy atom. The van der Waals surface area contributed by atoms with Crippen molar-refractivity contribution in [1.29, 1.82) is 10.5 Å². The van der Waals surface area contributed by atoms with Gasteiger partial charge in [-0.1, -0.05) is 44.2 Å². The van der Waals surface area contributed by atoms with Gasteiger partial charge in [0.1, 0.15) is 17.6 Å². The molecule has 2 aromatic rings. The number of carbonyl (C=O) groups excluding carboxylic acids is 2. The van der Waals surface area contributed by atoms with Crippen molar-refractivity contribution in [3.05, 3.63) is 58.7 Å². The molecule has 1 heterocycles. The van der Waals surface area contributed by atoms with Crippen molar-refractivity contribution in [1.82, 2.24) is 20.8 Å². The largest absolute Gasteiger partial charge is 0.273 e. The average Bonchev–Trinajstić information content (AvgIpc) is 3.12. The van der Waals surface area contributed by atoms with Crippen LogP contribution in [0.3, 0.4) is 0 Å². The number of hydrogen-bond acceptors (Lipinski definition) is 6. The third-order valence-electron chi connectivity index (χ3n) is 6.56. The molecule has 1 saturated carbocycles. The van der Waals surface area contributed by atoms with E-state index in [0.29, 0.717) is 17.8 Å². The molecule has 150 valence electrons. The summed E-state index contributed by atoms with van der Waals surface area (Å²) in [6.45, 7) is 3.94. The zero-order valence-electron chi connectivity index (χ0n) is 16.7. The van der Waals surface area contributed by atoms with Gasteiger partial charge in [0.15, 0.2) is 11.4 Å². The average molecular weight is 400 g/mol. The Hall–Kier alpha value is -3.78. The lowest BCUT2D eigenvalue weighted by Gasteiger charge is -2.36. The molecular formula is C22H20N6O2. The lowest BCUT2D eigenvalue weighted by atomic mass is 9.68. The lowest BCUT2D eigenvalue weighted by Crippen LogP contribution is -2.55. The minimum absolute atomic E-state index is 0.0219. The highest BCUT2D eigenvalue weighted by molar-refractivity contribution is 5.93. The molecule has 8 heteroatoms. The van der Waals surface area contributed by atoms with E-state index in [1.54, 1.807) is 0 Å². The number of hydrazine groups is 1. The van der Waals surface area contributed by atoms with Crippen LogP contribution < -0.4 is 10.9 Å². The molecule has 2 N–H and O–H groups in total. The van der Waals surface area contributed by atoms with Crippen LogP contribution in [0.15, 0.2) is 30.3 Å². The zero-order valence-corrected chi connectivity index (χ0v) is 16.7.